The molecule has 1 amide bonds. The number of fused-ring (bicyclic) bond motifs is 4. The molecule has 0 unspecified atom stereocenters. The summed E-state index contributed by atoms with van der Waals surface area (Å²) >= 11 is 6.47. The minimum absolute atomic E-state index is 0.0562. The molecule has 2 fully saturated rings. The third kappa shape index (κ3) is 7.03. The van der Waals surface area contributed by atoms with Crippen LogP contribution >= 0.6 is 11.6 Å². The van der Waals surface area contributed by atoms with E-state index < -0.39 is 33.0 Å². The Bertz CT molecular complexity index is 1710. The number of hydrogen-bond acceptors (Lipinski definition) is 9. The van der Waals surface area contributed by atoms with Gasteiger partial charge in [0.2, 0.25) is 10.0 Å². The number of ether oxygens (including phenoxy) is 3. The fourth-order valence-electron chi connectivity index (χ4n) is 9.28. The van der Waals surface area contributed by atoms with Crippen molar-refractivity contribution in [3.63, 3.8) is 0 Å². The lowest BCUT2D eigenvalue weighted by atomic mass is 9.64. The molecule has 0 radical (unpaired) electrons. The maximum absolute atomic E-state index is 13.6. The molecule has 5 aliphatic rings. The van der Waals surface area contributed by atoms with Crippen molar-refractivity contribution in [3.05, 3.63) is 58.1 Å². The van der Waals surface area contributed by atoms with Gasteiger partial charge in [0.05, 0.1) is 42.9 Å². The molecule has 7 rings (SSSR count). The van der Waals surface area contributed by atoms with Crippen LogP contribution in [0.3, 0.4) is 0 Å². The smallest absolute Gasteiger partial charge is 0.264 e. The van der Waals surface area contributed by atoms with Crippen molar-refractivity contribution in [2.75, 3.05) is 58.5 Å². The monoisotopic (exact) mass is 743 g/mol. The Morgan fingerprint density at radius 3 is 2.49 bits per heavy atom. The van der Waals surface area contributed by atoms with Crippen molar-refractivity contribution in [1.29, 1.82) is 0 Å². The van der Waals surface area contributed by atoms with Crippen LogP contribution in [0.4, 0.5) is 5.69 Å². The molecule has 12 heteroatoms. The van der Waals surface area contributed by atoms with E-state index >= 15 is 0 Å². The van der Waals surface area contributed by atoms with Crippen LogP contribution in [-0.4, -0.2) is 95.0 Å². The summed E-state index contributed by atoms with van der Waals surface area (Å²) in [6.45, 7) is 6.32. The van der Waals surface area contributed by atoms with Crippen LogP contribution in [-0.2, 0) is 31.3 Å². The lowest BCUT2D eigenvalue weighted by Gasteiger charge is -2.50. The lowest BCUT2D eigenvalue weighted by molar-refractivity contribution is -0.267. The van der Waals surface area contributed by atoms with Gasteiger partial charge < -0.3 is 24.2 Å². The number of nitrogens with zero attached hydrogens (tertiary/aromatic N) is 2. The Balaban J connectivity index is 1.26. The van der Waals surface area contributed by atoms with E-state index in [1.807, 2.05) is 44.1 Å². The first-order valence-electron chi connectivity index (χ1n) is 18.7. The maximum Gasteiger partial charge on any atom is 0.264 e. The van der Waals surface area contributed by atoms with Gasteiger partial charge in [-0.25, -0.2) is 13.1 Å². The molecular formula is C39H54ClN3O7S. The quantitative estimate of drug-likeness (QED) is 0.427. The first-order chi connectivity index (χ1) is 24.3. The number of likely N-dealkylation sites (N-methyl/N-ethyl adjacent to an activating group) is 1. The van der Waals surface area contributed by atoms with E-state index in [0.29, 0.717) is 55.9 Å². The highest BCUT2D eigenvalue weighted by atomic mass is 35.5. The number of sulfonamides is 1. The first-order valence-corrected chi connectivity index (χ1v) is 20.7. The van der Waals surface area contributed by atoms with Gasteiger partial charge in [0, 0.05) is 35.0 Å². The van der Waals surface area contributed by atoms with Crippen molar-refractivity contribution in [2.24, 2.45) is 23.7 Å². The molecule has 2 aliphatic carbocycles. The van der Waals surface area contributed by atoms with E-state index in [1.165, 1.54) is 11.1 Å². The van der Waals surface area contributed by atoms with E-state index in [1.54, 1.807) is 13.0 Å². The highest BCUT2D eigenvalue weighted by Gasteiger charge is 2.48. The molecule has 2 bridgehead atoms. The zero-order chi connectivity index (χ0) is 36.1. The molecule has 6 atom stereocenters. The van der Waals surface area contributed by atoms with E-state index in [2.05, 4.69) is 21.8 Å². The minimum Gasteiger partial charge on any atom is -0.490 e. The Hall–Kier alpha value is -2.41. The topological polar surface area (TPSA) is 118 Å². The molecule has 280 valence electrons. The number of halogens is 1. The van der Waals surface area contributed by atoms with Gasteiger partial charge >= 0.3 is 0 Å². The van der Waals surface area contributed by atoms with Crippen molar-refractivity contribution >= 4 is 33.2 Å². The molecule has 2 N–H and O–H groups in total. The van der Waals surface area contributed by atoms with Gasteiger partial charge in [-0.1, -0.05) is 31.0 Å². The van der Waals surface area contributed by atoms with Gasteiger partial charge in [-0.15, -0.1) is 0 Å². The van der Waals surface area contributed by atoms with Gasteiger partial charge in [0.15, 0.2) is 6.29 Å². The number of aliphatic hydroxyl groups is 1. The number of aryl methyl sites for hydroxylation is 1. The molecule has 10 nitrogen and oxygen atoms in total. The molecule has 2 aromatic carbocycles. The Labute approximate surface area is 308 Å². The summed E-state index contributed by atoms with van der Waals surface area (Å²) in [6, 6.07) is 11.5. The second-order valence-corrected chi connectivity index (χ2v) is 18.8. The van der Waals surface area contributed by atoms with E-state index in [-0.39, 0.29) is 23.9 Å². The molecule has 1 saturated heterocycles. The number of nitrogens with one attached hydrogen (secondary N) is 1. The summed E-state index contributed by atoms with van der Waals surface area (Å²) in [5, 5.41) is 10.3. The molecule has 51 heavy (non-hydrogen) atoms. The SMILES string of the molecule is C[C@@H]1[C@@H](C)CCC[C@@H](C2OCC(CO)(N(C)C)CO2)[C@@H]2CC[C@H]2CN2C[C@@]3(CCCc4cc(Cl)ccc43)COc3ccc(cc32)C(=O)NS1(=O)=O. The van der Waals surface area contributed by atoms with Gasteiger partial charge in [-0.05, 0) is 125 Å². The van der Waals surface area contributed by atoms with Crippen LogP contribution in [0, 0.1) is 23.7 Å². The number of aliphatic hydroxyl groups excluding tert-OH is 1. The second kappa shape index (κ2) is 14.4. The molecule has 3 aliphatic heterocycles. The van der Waals surface area contributed by atoms with Crippen LogP contribution in [0.15, 0.2) is 36.4 Å². The number of carbonyl (C=O) groups is 1. The molecule has 2 aromatic rings. The van der Waals surface area contributed by atoms with Gasteiger partial charge in [0.25, 0.3) is 5.91 Å². The van der Waals surface area contributed by atoms with Crippen LogP contribution in [0.1, 0.15) is 80.3 Å². The number of amides is 1. The Kier molecular flexibility index (Phi) is 10.5. The van der Waals surface area contributed by atoms with E-state index in [0.717, 1.165) is 62.2 Å². The van der Waals surface area contributed by atoms with Crippen molar-refractivity contribution < 1.29 is 32.5 Å². The predicted molar refractivity (Wildman–Crippen MR) is 198 cm³/mol. The average molecular weight is 744 g/mol. The molecule has 1 saturated carbocycles. The molecule has 1 spiro atoms. The number of rotatable bonds is 3. The largest absolute Gasteiger partial charge is 0.490 e. The normalized spacial score (nSPS) is 35.5. The fraction of sp³-hybridized carbons (Fsp3) is 0.667. The van der Waals surface area contributed by atoms with Crippen LogP contribution in [0.2, 0.25) is 5.02 Å². The molecular weight excluding hydrogens is 690 g/mol. The average Bonchev–Trinajstić information content (AvgIpc) is 3.25. The summed E-state index contributed by atoms with van der Waals surface area (Å²) in [6.07, 6.45) is 7.04. The summed E-state index contributed by atoms with van der Waals surface area (Å²) in [5.41, 5.74) is 2.78. The van der Waals surface area contributed by atoms with Crippen molar-refractivity contribution in [3.8, 4) is 5.75 Å². The maximum atomic E-state index is 13.6. The minimum atomic E-state index is -3.94. The Morgan fingerprint density at radius 1 is 1.00 bits per heavy atom. The fourth-order valence-corrected chi connectivity index (χ4v) is 10.8. The van der Waals surface area contributed by atoms with Gasteiger partial charge in [0.1, 0.15) is 5.75 Å². The third-order valence-corrected chi connectivity index (χ3v) is 15.3. The summed E-state index contributed by atoms with van der Waals surface area (Å²) in [4.78, 5) is 18.0. The Morgan fingerprint density at radius 2 is 1.78 bits per heavy atom. The number of hydrogen-bond donors (Lipinski definition) is 2. The van der Waals surface area contributed by atoms with Crippen LogP contribution in [0.25, 0.3) is 0 Å². The zero-order valence-corrected chi connectivity index (χ0v) is 32.0. The van der Waals surface area contributed by atoms with Crippen LogP contribution in [0.5, 0.6) is 5.75 Å². The lowest BCUT2D eigenvalue weighted by Crippen LogP contribution is -2.60. The van der Waals surface area contributed by atoms with E-state index in [9.17, 15) is 18.3 Å². The van der Waals surface area contributed by atoms with Crippen LogP contribution < -0.4 is 14.4 Å². The molecule has 0 aromatic heterocycles. The number of benzene rings is 2. The highest BCUT2D eigenvalue weighted by molar-refractivity contribution is 7.90. The predicted octanol–water partition coefficient (Wildman–Crippen LogP) is 5.39. The highest BCUT2D eigenvalue weighted by Crippen LogP contribution is 2.49. The second-order valence-electron chi connectivity index (χ2n) is 16.3. The molecule has 3 heterocycles. The number of anilines is 1. The van der Waals surface area contributed by atoms with Crippen molar-refractivity contribution in [1.82, 2.24) is 9.62 Å². The summed E-state index contributed by atoms with van der Waals surface area (Å²) in [7, 11) is -0.0537. The standard InChI is InChI=1S/C39H54ClN3O7S/c1-25-7-5-9-32(37-49-23-39(21-44,24-50-37)42(3)4)31-13-10-29(31)19-43-20-38(16-6-8-27-17-30(40)12-14-33(27)38)22-48-35-15-11-28(18-34(35)43)36(45)41-51(46,47)26(25)2/h11-12,14-15,17-18,25-26,29,31-32,37,44H,5-10,13,16,19-24H2,1-4H3,(H,41,45)/t25-,26+,29-,31+,32+,37?,38-,39?/m0/s1. The van der Waals surface area contributed by atoms with Gasteiger partial charge in [-0.2, -0.15) is 0 Å². The number of carbonyl (C=O) groups excluding carboxylic acids is 1. The summed E-state index contributed by atoms with van der Waals surface area (Å²) < 4.78 is 49.1. The van der Waals surface area contributed by atoms with E-state index in [4.69, 9.17) is 25.8 Å². The van der Waals surface area contributed by atoms with Gasteiger partial charge in [-0.3, -0.25) is 9.69 Å². The summed E-state index contributed by atoms with van der Waals surface area (Å²) in [5.74, 6) is 0.739. The van der Waals surface area contributed by atoms with Crippen molar-refractivity contribution in [2.45, 2.75) is 87.7 Å². The zero-order valence-electron chi connectivity index (χ0n) is 30.4. The first kappa shape index (κ1) is 36.9. The third-order valence-electron chi connectivity index (χ3n) is 13.1.